The monoisotopic (exact) mass is 240 g/mol. The van der Waals surface area contributed by atoms with E-state index in [4.69, 9.17) is 9.47 Å². The minimum atomic E-state index is -0.227. The van der Waals surface area contributed by atoms with Crippen LogP contribution in [-0.4, -0.2) is 30.2 Å². The number of Topliss-reactive ketones (excluding diaryl/α,β-unsaturated/α-hetero) is 1. The summed E-state index contributed by atoms with van der Waals surface area (Å²) in [4.78, 5) is 12.1. The molecule has 17 heavy (non-hydrogen) atoms. The number of carbonyl (C=O) groups is 1. The largest absolute Gasteiger partial charge is 0.375 e. The maximum Gasteiger partial charge on any atom is 0.161 e. The summed E-state index contributed by atoms with van der Waals surface area (Å²) < 4.78 is 11.4. The Morgan fingerprint density at radius 1 is 1.41 bits per heavy atom. The van der Waals surface area contributed by atoms with Crippen molar-refractivity contribution in [1.82, 2.24) is 0 Å². The van der Waals surface area contributed by atoms with Gasteiger partial charge in [-0.05, 0) is 52.9 Å². The number of ketones is 1. The molecule has 0 radical (unpaired) electrons. The van der Waals surface area contributed by atoms with E-state index >= 15 is 0 Å². The zero-order valence-electron chi connectivity index (χ0n) is 11.3. The Balaban J connectivity index is 1.83. The lowest BCUT2D eigenvalue weighted by atomic mass is 9.71. The van der Waals surface area contributed by atoms with Crippen LogP contribution in [0.1, 0.15) is 52.9 Å². The first kappa shape index (κ1) is 13.0. The van der Waals surface area contributed by atoms with Gasteiger partial charge in [0.15, 0.2) is 5.78 Å². The molecule has 1 atom stereocenters. The maximum atomic E-state index is 12.1. The summed E-state index contributed by atoms with van der Waals surface area (Å²) >= 11 is 0. The standard InChI is InChI=1S/C14H24O3/c1-13(2,3)17-10-12(15)11-5-8-16-14(9-11)6-4-7-14/h11H,4-10H2,1-3H3. The van der Waals surface area contributed by atoms with Crippen LogP contribution >= 0.6 is 0 Å². The fourth-order valence-corrected chi connectivity index (χ4v) is 2.63. The van der Waals surface area contributed by atoms with Gasteiger partial charge in [0.2, 0.25) is 0 Å². The molecular formula is C14H24O3. The predicted molar refractivity (Wildman–Crippen MR) is 66.0 cm³/mol. The first-order chi connectivity index (χ1) is 7.90. The molecule has 0 amide bonds. The van der Waals surface area contributed by atoms with E-state index in [2.05, 4.69) is 0 Å². The van der Waals surface area contributed by atoms with Crippen molar-refractivity contribution in [1.29, 1.82) is 0 Å². The van der Waals surface area contributed by atoms with Crippen molar-refractivity contribution in [3.63, 3.8) is 0 Å². The second-order valence-corrected chi connectivity index (χ2v) is 6.44. The van der Waals surface area contributed by atoms with E-state index in [9.17, 15) is 4.79 Å². The van der Waals surface area contributed by atoms with Crippen LogP contribution < -0.4 is 0 Å². The minimum Gasteiger partial charge on any atom is -0.375 e. The van der Waals surface area contributed by atoms with Crippen LogP contribution in [0.3, 0.4) is 0 Å². The summed E-state index contributed by atoms with van der Waals surface area (Å²) in [6.45, 7) is 6.95. The summed E-state index contributed by atoms with van der Waals surface area (Å²) in [6.07, 6.45) is 5.31. The Kier molecular flexibility index (Phi) is 3.60. The third-order valence-corrected chi connectivity index (χ3v) is 3.86. The van der Waals surface area contributed by atoms with Gasteiger partial charge in [-0.2, -0.15) is 0 Å². The molecule has 3 heteroatoms. The Hall–Kier alpha value is -0.410. The Morgan fingerprint density at radius 3 is 2.65 bits per heavy atom. The van der Waals surface area contributed by atoms with Crippen LogP contribution in [0.25, 0.3) is 0 Å². The van der Waals surface area contributed by atoms with E-state index in [1.54, 1.807) is 0 Å². The number of hydrogen-bond donors (Lipinski definition) is 0. The number of rotatable bonds is 3. The summed E-state index contributed by atoms with van der Waals surface area (Å²) in [5.41, 5.74) is -0.171. The lowest BCUT2D eigenvalue weighted by molar-refractivity contribution is -0.160. The Morgan fingerprint density at radius 2 is 2.12 bits per heavy atom. The summed E-state index contributed by atoms with van der Waals surface area (Å²) in [5, 5.41) is 0. The summed E-state index contributed by atoms with van der Waals surface area (Å²) in [7, 11) is 0. The predicted octanol–water partition coefficient (Wildman–Crippen LogP) is 2.72. The molecule has 1 spiro atoms. The van der Waals surface area contributed by atoms with Crippen LogP contribution in [0.2, 0.25) is 0 Å². The van der Waals surface area contributed by atoms with E-state index < -0.39 is 0 Å². The molecule has 1 aliphatic heterocycles. The molecule has 0 aromatic carbocycles. The molecule has 1 saturated heterocycles. The van der Waals surface area contributed by atoms with Gasteiger partial charge >= 0.3 is 0 Å². The molecule has 1 unspecified atom stereocenters. The van der Waals surface area contributed by atoms with Gasteiger partial charge in [-0.15, -0.1) is 0 Å². The van der Waals surface area contributed by atoms with E-state index in [0.29, 0.717) is 0 Å². The minimum absolute atomic E-state index is 0.0559. The Bertz CT molecular complexity index is 286. The highest BCUT2D eigenvalue weighted by atomic mass is 16.5. The lowest BCUT2D eigenvalue weighted by Crippen LogP contribution is -2.47. The first-order valence-electron chi connectivity index (χ1n) is 6.71. The highest BCUT2D eigenvalue weighted by Crippen LogP contribution is 2.44. The van der Waals surface area contributed by atoms with Crippen molar-refractivity contribution in [3.05, 3.63) is 0 Å². The van der Waals surface area contributed by atoms with Crippen LogP contribution in [0.5, 0.6) is 0 Å². The van der Waals surface area contributed by atoms with Gasteiger partial charge in [0, 0.05) is 12.5 Å². The average Bonchev–Trinajstić information content (AvgIpc) is 2.23. The van der Waals surface area contributed by atoms with Gasteiger partial charge in [0.1, 0.15) is 6.61 Å². The number of hydrogen-bond acceptors (Lipinski definition) is 3. The highest BCUT2D eigenvalue weighted by Gasteiger charge is 2.44. The quantitative estimate of drug-likeness (QED) is 0.761. The third kappa shape index (κ3) is 3.29. The van der Waals surface area contributed by atoms with E-state index in [1.807, 2.05) is 20.8 Å². The van der Waals surface area contributed by atoms with Crippen molar-refractivity contribution >= 4 is 5.78 Å². The van der Waals surface area contributed by atoms with Gasteiger partial charge in [-0.3, -0.25) is 4.79 Å². The molecule has 0 N–H and O–H groups in total. The van der Waals surface area contributed by atoms with Crippen LogP contribution in [0.15, 0.2) is 0 Å². The first-order valence-corrected chi connectivity index (χ1v) is 6.71. The summed E-state index contributed by atoms with van der Waals surface area (Å²) in [6, 6.07) is 0. The topological polar surface area (TPSA) is 35.5 Å². The molecule has 0 bridgehead atoms. The van der Waals surface area contributed by atoms with E-state index in [-0.39, 0.29) is 29.5 Å². The maximum absolute atomic E-state index is 12.1. The van der Waals surface area contributed by atoms with E-state index in [0.717, 1.165) is 32.3 Å². The molecule has 2 fully saturated rings. The molecule has 2 aliphatic rings. The molecule has 2 rings (SSSR count). The smallest absolute Gasteiger partial charge is 0.161 e. The fraction of sp³-hybridized carbons (Fsp3) is 0.929. The molecule has 1 aliphatic carbocycles. The average molecular weight is 240 g/mol. The zero-order valence-corrected chi connectivity index (χ0v) is 11.3. The molecule has 3 nitrogen and oxygen atoms in total. The molecular weight excluding hydrogens is 216 g/mol. The molecule has 0 aromatic rings. The summed E-state index contributed by atoms with van der Waals surface area (Å²) in [5.74, 6) is 0.418. The van der Waals surface area contributed by atoms with Gasteiger partial charge in [0.25, 0.3) is 0 Å². The van der Waals surface area contributed by atoms with Crippen LogP contribution in [-0.2, 0) is 14.3 Å². The molecule has 0 aromatic heterocycles. The van der Waals surface area contributed by atoms with Crippen molar-refractivity contribution < 1.29 is 14.3 Å². The van der Waals surface area contributed by atoms with Gasteiger partial charge in [0.05, 0.1) is 11.2 Å². The van der Waals surface area contributed by atoms with Crippen molar-refractivity contribution in [2.75, 3.05) is 13.2 Å². The van der Waals surface area contributed by atoms with Gasteiger partial charge < -0.3 is 9.47 Å². The molecule has 1 heterocycles. The van der Waals surface area contributed by atoms with Crippen molar-refractivity contribution in [2.24, 2.45) is 5.92 Å². The third-order valence-electron chi connectivity index (χ3n) is 3.86. The van der Waals surface area contributed by atoms with Gasteiger partial charge in [-0.25, -0.2) is 0 Å². The number of carbonyl (C=O) groups excluding carboxylic acids is 1. The van der Waals surface area contributed by atoms with Crippen molar-refractivity contribution in [2.45, 2.75) is 64.1 Å². The normalized spacial score (nSPS) is 27.8. The van der Waals surface area contributed by atoms with E-state index in [1.165, 1.54) is 6.42 Å². The molecule has 1 saturated carbocycles. The zero-order chi connectivity index (χ0) is 12.5. The SMILES string of the molecule is CC(C)(C)OCC(=O)C1CCOC2(CCC2)C1. The Labute approximate surface area is 104 Å². The lowest BCUT2D eigenvalue weighted by Gasteiger charge is -2.46. The van der Waals surface area contributed by atoms with Gasteiger partial charge in [-0.1, -0.05) is 0 Å². The highest BCUT2D eigenvalue weighted by molar-refractivity contribution is 5.82. The fourth-order valence-electron chi connectivity index (χ4n) is 2.63. The van der Waals surface area contributed by atoms with Crippen LogP contribution in [0.4, 0.5) is 0 Å². The molecule has 98 valence electrons. The second kappa shape index (κ2) is 4.69. The van der Waals surface area contributed by atoms with Crippen molar-refractivity contribution in [3.8, 4) is 0 Å². The number of ether oxygens (including phenoxy) is 2. The second-order valence-electron chi connectivity index (χ2n) is 6.44. The van der Waals surface area contributed by atoms with Crippen LogP contribution in [0, 0.1) is 5.92 Å².